The summed E-state index contributed by atoms with van der Waals surface area (Å²) in [7, 11) is 0. The molecule has 0 unspecified atom stereocenters. The van der Waals surface area contributed by atoms with Gasteiger partial charge in [-0.3, -0.25) is 14.4 Å². The van der Waals surface area contributed by atoms with Crippen LogP contribution in [0.15, 0.2) is 24.3 Å². The van der Waals surface area contributed by atoms with Gasteiger partial charge >= 0.3 is 11.9 Å². The van der Waals surface area contributed by atoms with E-state index in [1.54, 1.807) is 25.1 Å². The third kappa shape index (κ3) is 3.89. The number of rotatable bonds is 5. The number of amides is 1. The Labute approximate surface area is 103 Å². The van der Waals surface area contributed by atoms with E-state index in [4.69, 9.17) is 10.2 Å². The molecular formula is C12H13NO5. The number of hydrogen-bond donors (Lipinski definition) is 2. The molecular weight excluding hydrogens is 238 g/mol. The molecule has 0 aliphatic heterocycles. The Kier molecular flexibility index (Phi) is 4.42. The van der Waals surface area contributed by atoms with E-state index in [2.05, 4.69) is 0 Å². The van der Waals surface area contributed by atoms with Crippen molar-refractivity contribution in [3.8, 4) is 0 Å². The highest BCUT2D eigenvalue weighted by Crippen LogP contribution is 2.07. The zero-order valence-electron chi connectivity index (χ0n) is 9.79. The number of carbonyl (C=O) groups is 3. The summed E-state index contributed by atoms with van der Waals surface area (Å²) in [6.45, 7) is 0.508. The van der Waals surface area contributed by atoms with Crippen molar-refractivity contribution in [3.05, 3.63) is 35.4 Å². The normalized spacial score (nSPS) is 9.83. The molecule has 1 aromatic carbocycles. The van der Waals surface area contributed by atoms with E-state index in [0.717, 1.165) is 10.5 Å². The van der Waals surface area contributed by atoms with Gasteiger partial charge in [0.1, 0.15) is 13.1 Å². The van der Waals surface area contributed by atoms with Gasteiger partial charge in [-0.2, -0.15) is 0 Å². The van der Waals surface area contributed by atoms with Crippen LogP contribution in [-0.4, -0.2) is 46.0 Å². The maximum atomic E-state index is 12.0. The van der Waals surface area contributed by atoms with E-state index >= 15 is 0 Å². The number of aryl methyl sites for hydroxylation is 1. The Morgan fingerprint density at radius 2 is 1.67 bits per heavy atom. The van der Waals surface area contributed by atoms with Gasteiger partial charge < -0.3 is 15.1 Å². The van der Waals surface area contributed by atoms with Crippen LogP contribution in [0.4, 0.5) is 0 Å². The second-order valence-electron chi connectivity index (χ2n) is 3.82. The van der Waals surface area contributed by atoms with Crippen LogP contribution in [0.2, 0.25) is 0 Å². The average Bonchev–Trinajstić information content (AvgIpc) is 2.26. The lowest BCUT2D eigenvalue weighted by molar-refractivity contribution is -0.140. The number of carbonyl (C=O) groups excluding carboxylic acids is 1. The summed E-state index contributed by atoms with van der Waals surface area (Å²) in [5.41, 5.74) is 1.11. The Morgan fingerprint density at radius 1 is 1.11 bits per heavy atom. The summed E-state index contributed by atoms with van der Waals surface area (Å²) < 4.78 is 0. The van der Waals surface area contributed by atoms with Crippen molar-refractivity contribution in [1.29, 1.82) is 0 Å². The Bertz CT molecular complexity index is 467. The number of carboxylic acid groups (broad SMARTS) is 2. The zero-order valence-corrected chi connectivity index (χ0v) is 9.79. The van der Waals surface area contributed by atoms with Crippen molar-refractivity contribution < 1.29 is 24.6 Å². The first-order chi connectivity index (χ1) is 8.40. The molecule has 6 nitrogen and oxygen atoms in total. The van der Waals surface area contributed by atoms with Crippen LogP contribution < -0.4 is 0 Å². The SMILES string of the molecule is Cc1cccc(C(=O)N(CC(=O)O)CC(=O)O)c1. The van der Waals surface area contributed by atoms with E-state index in [-0.39, 0.29) is 5.56 Å². The third-order valence-corrected chi connectivity index (χ3v) is 2.20. The van der Waals surface area contributed by atoms with Crippen LogP contribution >= 0.6 is 0 Å². The predicted octanol–water partition coefficient (Wildman–Crippen LogP) is 0.606. The highest BCUT2D eigenvalue weighted by atomic mass is 16.4. The highest BCUT2D eigenvalue weighted by molar-refractivity contribution is 5.97. The first-order valence-electron chi connectivity index (χ1n) is 5.19. The summed E-state index contributed by atoms with van der Waals surface area (Å²) in [5, 5.41) is 17.3. The van der Waals surface area contributed by atoms with Crippen LogP contribution in [-0.2, 0) is 9.59 Å². The van der Waals surface area contributed by atoms with Gasteiger partial charge in [-0.05, 0) is 19.1 Å². The number of benzene rings is 1. The molecule has 0 bridgehead atoms. The van der Waals surface area contributed by atoms with Crippen molar-refractivity contribution in [2.45, 2.75) is 6.92 Å². The van der Waals surface area contributed by atoms with Crippen LogP contribution in [0, 0.1) is 6.92 Å². The minimum atomic E-state index is -1.25. The minimum absolute atomic E-state index is 0.275. The fourth-order valence-electron chi connectivity index (χ4n) is 1.49. The van der Waals surface area contributed by atoms with E-state index < -0.39 is 30.9 Å². The number of nitrogens with zero attached hydrogens (tertiary/aromatic N) is 1. The second-order valence-corrected chi connectivity index (χ2v) is 3.82. The molecule has 0 fully saturated rings. The molecule has 0 aliphatic rings. The summed E-state index contributed by atoms with van der Waals surface area (Å²) in [4.78, 5) is 34.0. The third-order valence-electron chi connectivity index (χ3n) is 2.20. The van der Waals surface area contributed by atoms with E-state index in [1.807, 2.05) is 0 Å². The van der Waals surface area contributed by atoms with Gasteiger partial charge in [0, 0.05) is 5.56 Å². The molecule has 2 N–H and O–H groups in total. The van der Waals surface area contributed by atoms with Crippen molar-refractivity contribution in [1.82, 2.24) is 4.90 Å². The smallest absolute Gasteiger partial charge is 0.323 e. The molecule has 1 aromatic rings. The lowest BCUT2D eigenvalue weighted by Gasteiger charge is -2.18. The molecule has 0 aliphatic carbocycles. The van der Waals surface area contributed by atoms with E-state index in [0.29, 0.717) is 0 Å². The standard InChI is InChI=1S/C12H13NO5/c1-8-3-2-4-9(5-8)12(18)13(6-10(14)15)7-11(16)17/h2-5H,6-7H2,1H3,(H,14,15)(H,16,17). The van der Waals surface area contributed by atoms with Crippen molar-refractivity contribution >= 4 is 17.8 Å². The maximum absolute atomic E-state index is 12.0. The molecule has 1 amide bonds. The number of hydrogen-bond acceptors (Lipinski definition) is 3. The van der Waals surface area contributed by atoms with Gasteiger partial charge in [0.2, 0.25) is 0 Å². The topological polar surface area (TPSA) is 94.9 Å². The molecule has 0 atom stereocenters. The molecule has 6 heteroatoms. The van der Waals surface area contributed by atoms with Gasteiger partial charge in [-0.25, -0.2) is 0 Å². The van der Waals surface area contributed by atoms with Gasteiger partial charge in [0.15, 0.2) is 0 Å². The largest absolute Gasteiger partial charge is 0.480 e. The predicted molar refractivity (Wildman–Crippen MR) is 62.4 cm³/mol. The molecule has 1 rings (SSSR count). The monoisotopic (exact) mass is 251 g/mol. The lowest BCUT2D eigenvalue weighted by atomic mass is 10.1. The second kappa shape index (κ2) is 5.81. The Hall–Kier alpha value is -2.37. The van der Waals surface area contributed by atoms with Crippen molar-refractivity contribution in [2.75, 3.05) is 13.1 Å². The first-order valence-corrected chi connectivity index (χ1v) is 5.19. The van der Waals surface area contributed by atoms with Crippen LogP contribution in [0.25, 0.3) is 0 Å². The number of carboxylic acids is 2. The maximum Gasteiger partial charge on any atom is 0.323 e. The van der Waals surface area contributed by atoms with Gasteiger partial charge in [-0.15, -0.1) is 0 Å². The average molecular weight is 251 g/mol. The van der Waals surface area contributed by atoms with Crippen LogP contribution in [0.1, 0.15) is 15.9 Å². The summed E-state index contributed by atoms with van der Waals surface area (Å²) >= 11 is 0. The van der Waals surface area contributed by atoms with Gasteiger partial charge in [0.25, 0.3) is 5.91 Å². The molecule has 96 valence electrons. The Balaban J connectivity index is 2.94. The highest BCUT2D eigenvalue weighted by Gasteiger charge is 2.20. The number of aliphatic carboxylic acids is 2. The summed E-state index contributed by atoms with van der Waals surface area (Å²) in [6, 6.07) is 6.54. The van der Waals surface area contributed by atoms with Crippen molar-refractivity contribution in [3.63, 3.8) is 0 Å². The fourth-order valence-corrected chi connectivity index (χ4v) is 1.49. The lowest BCUT2D eigenvalue weighted by Crippen LogP contribution is -2.39. The van der Waals surface area contributed by atoms with Crippen molar-refractivity contribution in [2.24, 2.45) is 0 Å². The van der Waals surface area contributed by atoms with Crippen LogP contribution in [0.3, 0.4) is 0 Å². The summed E-state index contributed by atoms with van der Waals surface area (Å²) in [5.74, 6) is -3.11. The first kappa shape index (κ1) is 13.7. The Morgan fingerprint density at radius 3 is 2.11 bits per heavy atom. The van der Waals surface area contributed by atoms with Gasteiger partial charge in [0.05, 0.1) is 0 Å². The summed E-state index contributed by atoms with van der Waals surface area (Å²) in [6.07, 6.45) is 0. The van der Waals surface area contributed by atoms with E-state index in [1.165, 1.54) is 6.07 Å². The fraction of sp³-hybridized carbons (Fsp3) is 0.250. The van der Waals surface area contributed by atoms with Crippen LogP contribution in [0.5, 0.6) is 0 Å². The minimum Gasteiger partial charge on any atom is -0.480 e. The molecule has 0 saturated heterocycles. The molecule has 0 spiro atoms. The quantitative estimate of drug-likeness (QED) is 0.799. The molecule has 0 aromatic heterocycles. The molecule has 0 heterocycles. The zero-order chi connectivity index (χ0) is 13.7. The molecule has 18 heavy (non-hydrogen) atoms. The van der Waals surface area contributed by atoms with Gasteiger partial charge in [-0.1, -0.05) is 17.7 Å². The van der Waals surface area contributed by atoms with E-state index in [9.17, 15) is 14.4 Å². The molecule has 0 radical (unpaired) electrons. The molecule has 0 saturated carbocycles.